The van der Waals surface area contributed by atoms with Gasteiger partial charge in [0.2, 0.25) is 5.95 Å². The first-order chi connectivity index (χ1) is 11.3. The topological polar surface area (TPSA) is 66.8 Å². The van der Waals surface area contributed by atoms with Crippen molar-refractivity contribution in [3.05, 3.63) is 34.7 Å². The smallest absolute Gasteiger partial charge is 0.222 e. The van der Waals surface area contributed by atoms with Crippen LogP contribution in [0, 0.1) is 5.92 Å². The zero-order chi connectivity index (χ0) is 15.6. The normalized spacial score (nSPS) is 17.5. The molecule has 0 radical (unpaired) electrons. The number of hydrogen-bond acceptors (Lipinski definition) is 6. The molecule has 2 aromatic rings. The summed E-state index contributed by atoms with van der Waals surface area (Å²) in [7, 11) is 0. The van der Waals surface area contributed by atoms with Crippen molar-refractivity contribution in [1.29, 1.82) is 0 Å². The van der Waals surface area contributed by atoms with Crippen LogP contribution >= 0.6 is 11.6 Å². The molecule has 1 N–H and O–H groups in total. The molecule has 0 aromatic carbocycles. The van der Waals surface area contributed by atoms with Crippen molar-refractivity contribution in [1.82, 2.24) is 20.2 Å². The molecular weight excluding hydrogens is 312 g/mol. The van der Waals surface area contributed by atoms with E-state index in [-0.39, 0.29) is 0 Å². The molecule has 6 nitrogen and oxygen atoms in total. The maximum atomic E-state index is 5.78. The van der Waals surface area contributed by atoms with E-state index in [4.69, 9.17) is 11.6 Å². The van der Waals surface area contributed by atoms with Gasteiger partial charge in [-0.05, 0) is 37.3 Å². The zero-order valence-electron chi connectivity index (χ0n) is 12.9. The Bertz CT molecular complexity index is 683. The van der Waals surface area contributed by atoms with Gasteiger partial charge in [0.05, 0.1) is 23.1 Å². The molecule has 7 heteroatoms. The highest BCUT2D eigenvalue weighted by atomic mass is 35.5. The number of aromatic nitrogens is 4. The van der Waals surface area contributed by atoms with E-state index in [1.807, 2.05) is 0 Å². The van der Waals surface area contributed by atoms with Crippen LogP contribution in [0.5, 0.6) is 0 Å². The van der Waals surface area contributed by atoms with Gasteiger partial charge in [0, 0.05) is 25.6 Å². The van der Waals surface area contributed by atoms with Crippen LogP contribution in [0.3, 0.4) is 0 Å². The molecule has 0 unspecified atom stereocenters. The number of nitrogens with zero attached hydrogens (tertiary/aromatic N) is 5. The molecule has 1 fully saturated rings. The van der Waals surface area contributed by atoms with Gasteiger partial charge < -0.3 is 10.2 Å². The second-order valence-corrected chi connectivity index (χ2v) is 6.69. The fourth-order valence-electron chi connectivity index (χ4n) is 3.16. The molecule has 23 heavy (non-hydrogen) atoms. The van der Waals surface area contributed by atoms with Gasteiger partial charge >= 0.3 is 0 Å². The molecule has 2 aliphatic rings. The van der Waals surface area contributed by atoms with Gasteiger partial charge in [-0.3, -0.25) is 0 Å². The van der Waals surface area contributed by atoms with Gasteiger partial charge in [-0.15, -0.1) is 5.10 Å². The van der Waals surface area contributed by atoms with Crippen molar-refractivity contribution in [2.75, 3.05) is 29.9 Å². The van der Waals surface area contributed by atoms with Crippen molar-refractivity contribution in [3.63, 3.8) is 0 Å². The third-order valence-electron chi connectivity index (χ3n) is 4.51. The van der Waals surface area contributed by atoms with E-state index >= 15 is 0 Å². The highest BCUT2D eigenvalue weighted by Crippen LogP contribution is 2.26. The first kappa shape index (κ1) is 14.6. The fourth-order valence-corrected chi connectivity index (χ4v) is 3.26. The molecule has 2 aromatic heterocycles. The number of anilines is 2. The second kappa shape index (κ2) is 6.28. The minimum atomic E-state index is 0.552. The molecule has 0 atom stereocenters. The predicted octanol–water partition coefficient (Wildman–Crippen LogP) is 2.35. The van der Waals surface area contributed by atoms with Gasteiger partial charge in [0.1, 0.15) is 0 Å². The van der Waals surface area contributed by atoms with Gasteiger partial charge in [-0.1, -0.05) is 11.6 Å². The molecule has 1 saturated heterocycles. The van der Waals surface area contributed by atoms with Crippen LogP contribution in [0.15, 0.2) is 18.5 Å². The van der Waals surface area contributed by atoms with Crippen LogP contribution in [-0.4, -0.2) is 39.8 Å². The lowest BCUT2D eigenvalue weighted by Gasteiger charge is -2.40. The third-order valence-corrected chi connectivity index (χ3v) is 4.70. The molecule has 4 rings (SSSR count). The van der Waals surface area contributed by atoms with E-state index in [1.54, 1.807) is 12.4 Å². The van der Waals surface area contributed by atoms with E-state index in [9.17, 15) is 0 Å². The fraction of sp³-hybridized carbons (Fsp3) is 0.500. The highest BCUT2D eigenvalue weighted by Gasteiger charge is 2.28. The predicted molar refractivity (Wildman–Crippen MR) is 89.9 cm³/mol. The maximum absolute atomic E-state index is 5.78. The summed E-state index contributed by atoms with van der Waals surface area (Å²) in [6.45, 7) is 2.85. The zero-order valence-corrected chi connectivity index (χ0v) is 13.6. The summed E-state index contributed by atoms with van der Waals surface area (Å²) in [5.74, 6) is 2.22. The average Bonchev–Trinajstić information content (AvgIpc) is 2.55. The second-order valence-electron chi connectivity index (χ2n) is 6.26. The Morgan fingerprint density at radius 2 is 1.91 bits per heavy atom. The van der Waals surface area contributed by atoms with Crippen LogP contribution in [0.2, 0.25) is 5.02 Å². The summed E-state index contributed by atoms with van der Waals surface area (Å²) in [6.07, 6.45) is 7.94. The number of nitrogens with one attached hydrogen (secondary N) is 1. The average molecular weight is 331 g/mol. The summed E-state index contributed by atoms with van der Waals surface area (Å²) in [5.41, 5.74) is 2.58. The molecule has 0 saturated carbocycles. The maximum Gasteiger partial charge on any atom is 0.222 e. The molecule has 0 amide bonds. The molecule has 3 heterocycles. The number of aryl methyl sites for hydroxylation is 2. The lowest BCUT2D eigenvalue weighted by Crippen LogP contribution is -2.50. The van der Waals surface area contributed by atoms with Crippen LogP contribution in [0.1, 0.15) is 24.1 Å². The van der Waals surface area contributed by atoms with Crippen LogP contribution < -0.4 is 10.2 Å². The molecule has 1 aliphatic carbocycles. The van der Waals surface area contributed by atoms with Crippen molar-refractivity contribution >= 4 is 23.4 Å². The van der Waals surface area contributed by atoms with Gasteiger partial charge in [-0.2, -0.15) is 5.10 Å². The molecule has 120 valence electrons. The summed E-state index contributed by atoms with van der Waals surface area (Å²) in [4.78, 5) is 10.6. The number of hydrogen-bond donors (Lipinski definition) is 1. The van der Waals surface area contributed by atoms with Crippen molar-refractivity contribution < 1.29 is 0 Å². The minimum Gasteiger partial charge on any atom is -0.354 e. The summed E-state index contributed by atoms with van der Waals surface area (Å²) in [6, 6.07) is 2.23. The molecule has 1 aliphatic heterocycles. The Balaban J connectivity index is 1.30. The van der Waals surface area contributed by atoms with Gasteiger partial charge in [0.25, 0.3) is 0 Å². The standard InChI is InChI=1S/C16H19ClN6/c17-13-7-19-16(20-8-13)18-6-11-9-23(10-11)15-5-12-3-1-2-4-14(12)21-22-15/h5,7-8,11H,1-4,6,9-10H2,(H,18,19,20). The van der Waals surface area contributed by atoms with E-state index < -0.39 is 0 Å². The largest absolute Gasteiger partial charge is 0.354 e. The Kier molecular flexibility index (Phi) is 3.99. The third kappa shape index (κ3) is 3.22. The van der Waals surface area contributed by atoms with E-state index in [0.29, 0.717) is 16.9 Å². The number of fused-ring (bicyclic) bond motifs is 1. The first-order valence-electron chi connectivity index (χ1n) is 8.10. The Labute approximate surface area is 140 Å². The lowest BCUT2D eigenvalue weighted by atomic mass is 9.95. The van der Waals surface area contributed by atoms with Crippen molar-refractivity contribution in [2.45, 2.75) is 25.7 Å². The monoisotopic (exact) mass is 330 g/mol. The summed E-state index contributed by atoms with van der Waals surface area (Å²) < 4.78 is 0. The Morgan fingerprint density at radius 3 is 2.74 bits per heavy atom. The minimum absolute atomic E-state index is 0.552. The van der Waals surface area contributed by atoms with Gasteiger partial charge in [0.15, 0.2) is 5.82 Å². The van der Waals surface area contributed by atoms with E-state index in [0.717, 1.165) is 38.3 Å². The summed E-state index contributed by atoms with van der Waals surface area (Å²) in [5, 5.41) is 12.6. The Hall–Kier alpha value is -1.95. The van der Waals surface area contributed by atoms with Crippen molar-refractivity contribution in [2.24, 2.45) is 5.92 Å². The highest BCUT2D eigenvalue weighted by molar-refractivity contribution is 6.30. The van der Waals surface area contributed by atoms with E-state index in [1.165, 1.54) is 24.1 Å². The number of rotatable bonds is 4. The lowest BCUT2D eigenvalue weighted by molar-refractivity contribution is 0.424. The first-order valence-corrected chi connectivity index (χ1v) is 8.47. The van der Waals surface area contributed by atoms with Crippen LogP contribution in [-0.2, 0) is 12.8 Å². The quantitative estimate of drug-likeness (QED) is 0.928. The van der Waals surface area contributed by atoms with Crippen LogP contribution in [0.25, 0.3) is 0 Å². The molecule has 0 bridgehead atoms. The SMILES string of the molecule is Clc1cnc(NCC2CN(c3cc4c(nn3)CCCC4)C2)nc1. The van der Waals surface area contributed by atoms with Crippen LogP contribution in [0.4, 0.5) is 11.8 Å². The van der Waals surface area contributed by atoms with Gasteiger partial charge in [-0.25, -0.2) is 9.97 Å². The van der Waals surface area contributed by atoms with E-state index in [2.05, 4.69) is 36.4 Å². The van der Waals surface area contributed by atoms with Crippen molar-refractivity contribution in [3.8, 4) is 0 Å². The molecule has 0 spiro atoms. The Morgan fingerprint density at radius 1 is 1.13 bits per heavy atom. The summed E-state index contributed by atoms with van der Waals surface area (Å²) >= 11 is 5.78. The number of halogens is 1. The molecular formula is C16H19ClN6.